The average molecular weight is 645 g/mol. The summed E-state index contributed by atoms with van der Waals surface area (Å²) in [5.41, 5.74) is 0.0550. The van der Waals surface area contributed by atoms with Gasteiger partial charge >= 0.3 is 12.1 Å². The zero-order chi connectivity index (χ0) is 33.6. The summed E-state index contributed by atoms with van der Waals surface area (Å²) in [4.78, 5) is 60.8. The van der Waals surface area contributed by atoms with Gasteiger partial charge in [0, 0.05) is 23.5 Å². The number of oxime groups is 1. The van der Waals surface area contributed by atoms with E-state index in [1.807, 2.05) is 72.8 Å². The molecule has 2 aromatic rings. The van der Waals surface area contributed by atoms with Crippen molar-refractivity contribution in [1.82, 2.24) is 15.5 Å². The highest BCUT2D eigenvalue weighted by Gasteiger charge is 2.61. The summed E-state index contributed by atoms with van der Waals surface area (Å²) in [6.45, 7) is 5.24. The number of benzene rings is 2. The van der Waals surface area contributed by atoms with Crippen molar-refractivity contribution in [3.63, 3.8) is 0 Å². The van der Waals surface area contributed by atoms with Crippen LogP contribution in [0.1, 0.15) is 76.8 Å². The Morgan fingerprint density at radius 3 is 2.28 bits per heavy atom. The van der Waals surface area contributed by atoms with Crippen LogP contribution in [-0.4, -0.2) is 75.5 Å². The molecule has 47 heavy (non-hydrogen) atoms. The molecule has 0 radical (unpaired) electrons. The first-order valence-electron chi connectivity index (χ1n) is 16.3. The van der Waals surface area contributed by atoms with Crippen molar-refractivity contribution < 1.29 is 33.9 Å². The molecule has 2 fully saturated rings. The Bertz CT molecular complexity index is 1460. The number of nitrogens with one attached hydrogen (secondary N) is 2. The van der Waals surface area contributed by atoms with E-state index < -0.39 is 53.2 Å². The number of aliphatic carboxylic acids is 1. The van der Waals surface area contributed by atoms with Crippen molar-refractivity contribution in [3.8, 4) is 0 Å². The van der Waals surface area contributed by atoms with Gasteiger partial charge in [0.15, 0.2) is 0 Å². The third kappa shape index (κ3) is 8.38. The van der Waals surface area contributed by atoms with Crippen molar-refractivity contribution in [3.05, 3.63) is 83.9 Å². The Labute approximate surface area is 275 Å². The van der Waals surface area contributed by atoms with Gasteiger partial charge in [0.1, 0.15) is 35.0 Å². The van der Waals surface area contributed by atoms with Gasteiger partial charge in [-0.25, -0.2) is 9.59 Å². The molecule has 1 saturated heterocycles. The van der Waals surface area contributed by atoms with Gasteiger partial charge in [-0.1, -0.05) is 90.8 Å². The van der Waals surface area contributed by atoms with Gasteiger partial charge in [0.25, 0.3) is 0 Å². The number of carboxylic acids is 1. The van der Waals surface area contributed by atoms with E-state index in [-0.39, 0.29) is 25.3 Å². The van der Waals surface area contributed by atoms with Gasteiger partial charge < -0.3 is 30.2 Å². The monoisotopic (exact) mass is 644 g/mol. The molecule has 2 aliphatic heterocycles. The lowest BCUT2D eigenvalue weighted by Crippen LogP contribution is -2.56. The maximum atomic E-state index is 14.2. The number of carbonyl (C=O) groups is 4. The number of carboxylic acid groups (broad SMARTS) is 1. The number of hydrogen-bond donors (Lipinski definition) is 3. The molecular weight excluding hydrogens is 600 g/mol. The predicted molar refractivity (Wildman–Crippen MR) is 176 cm³/mol. The van der Waals surface area contributed by atoms with Gasteiger partial charge in [0.2, 0.25) is 11.8 Å². The molecule has 250 valence electrons. The smallest absolute Gasteiger partial charge is 0.408 e. The van der Waals surface area contributed by atoms with Gasteiger partial charge in [-0.3, -0.25) is 9.59 Å². The standard InChI is InChI=1S/C36H44N4O7/c1-35(2,3)46-34(45)37-28-20-14-6-4-5-13-19-26-22-36(26,33(43)44)38-31(41)29-21-27(23-40(29)32(28)42)47-39-30(24-15-9-7-10-16-24)25-17-11-8-12-18-25/h7-13,15-19,26-29H,4-6,14,20-23H2,1-3H3,(H,37,45)(H,38,41)(H,43,44)/b19-13-/t26?,27-,28+,29+,36-/m1/s1. The van der Waals surface area contributed by atoms with Crippen molar-refractivity contribution >= 4 is 29.6 Å². The zero-order valence-corrected chi connectivity index (χ0v) is 27.2. The van der Waals surface area contributed by atoms with E-state index in [0.29, 0.717) is 18.6 Å². The molecule has 3 N–H and O–H groups in total. The Morgan fingerprint density at radius 1 is 1.00 bits per heavy atom. The number of amides is 3. The number of alkyl carbamates (subject to hydrolysis) is 1. The Morgan fingerprint density at radius 2 is 1.66 bits per heavy atom. The molecule has 3 aliphatic rings. The van der Waals surface area contributed by atoms with Crippen molar-refractivity contribution in [2.24, 2.45) is 11.1 Å². The lowest BCUT2D eigenvalue weighted by atomic mass is 10.0. The zero-order valence-electron chi connectivity index (χ0n) is 27.2. The minimum Gasteiger partial charge on any atom is -0.479 e. The highest BCUT2D eigenvalue weighted by Crippen LogP contribution is 2.45. The van der Waals surface area contributed by atoms with E-state index in [1.54, 1.807) is 20.8 Å². The van der Waals surface area contributed by atoms with Crippen molar-refractivity contribution in [1.29, 1.82) is 0 Å². The quantitative estimate of drug-likeness (QED) is 0.233. The topological polar surface area (TPSA) is 147 Å². The largest absolute Gasteiger partial charge is 0.479 e. The minimum absolute atomic E-state index is 0.0210. The van der Waals surface area contributed by atoms with E-state index in [2.05, 4.69) is 15.8 Å². The first-order chi connectivity index (χ1) is 22.5. The molecule has 5 atom stereocenters. The minimum atomic E-state index is -1.43. The van der Waals surface area contributed by atoms with Crippen LogP contribution in [0.3, 0.4) is 0 Å². The van der Waals surface area contributed by atoms with Crippen LogP contribution < -0.4 is 10.6 Å². The maximum absolute atomic E-state index is 14.2. The second-order valence-electron chi connectivity index (χ2n) is 13.5. The molecule has 2 aromatic carbocycles. The number of allylic oxidation sites excluding steroid dienone is 1. The van der Waals surface area contributed by atoms with Gasteiger partial charge in [-0.2, -0.15) is 0 Å². The van der Waals surface area contributed by atoms with Crippen LogP contribution in [0.25, 0.3) is 0 Å². The summed E-state index contributed by atoms with van der Waals surface area (Å²) >= 11 is 0. The van der Waals surface area contributed by atoms with Crippen LogP contribution in [0, 0.1) is 5.92 Å². The normalized spacial score (nSPS) is 27.1. The van der Waals surface area contributed by atoms with Crippen LogP contribution in [0.5, 0.6) is 0 Å². The fraction of sp³-hybridized carbons (Fsp3) is 0.472. The molecule has 1 unspecified atom stereocenters. The fourth-order valence-corrected chi connectivity index (χ4v) is 6.18. The summed E-state index contributed by atoms with van der Waals surface area (Å²) in [5.74, 6) is -2.48. The summed E-state index contributed by atoms with van der Waals surface area (Å²) in [7, 11) is 0. The highest BCUT2D eigenvalue weighted by molar-refractivity contribution is 6.12. The highest BCUT2D eigenvalue weighted by atomic mass is 16.6. The summed E-state index contributed by atoms with van der Waals surface area (Å²) < 4.78 is 5.46. The van der Waals surface area contributed by atoms with E-state index >= 15 is 0 Å². The van der Waals surface area contributed by atoms with Gasteiger partial charge in [-0.05, 0) is 46.5 Å². The number of fused-ring (bicyclic) bond motifs is 2. The summed E-state index contributed by atoms with van der Waals surface area (Å²) in [5, 5.41) is 20.1. The second-order valence-corrected chi connectivity index (χ2v) is 13.5. The van der Waals surface area contributed by atoms with E-state index in [0.717, 1.165) is 30.4 Å². The number of carbonyl (C=O) groups excluding carboxylic acids is 3. The van der Waals surface area contributed by atoms with Crippen LogP contribution in [0.4, 0.5) is 4.79 Å². The van der Waals surface area contributed by atoms with Crippen LogP contribution in [0.2, 0.25) is 0 Å². The fourth-order valence-electron chi connectivity index (χ4n) is 6.18. The lowest BCUT2D eigenvalue weighted by Gasteiger charge is -2.30. The molecule has 1 saturated carbocycles. The number of ether oxygens (including phenoxy) is 1. The Hall–Kier alpha value is -4.67. The maximum Gasteiger partial charge on any atom is 0.408 e. The number of hydrogen-bond acceptors (Lipinski definition) is 7. The predicted octanol–water partition coefficient (Wildman–Crippen LogP) is 4.80. The van der Waals surface area contributed by atoms with Gasteiger partial charge in [0.05, 0.1) is 6.54 Å². The summed E-state index contributed by atoms with van der Waals surface area (Å²) in [6, 6.07) is 17.1. The first kappa shape index (κ1) is 33.7. The SMILES string of the molecule is CC(C)(C)OC(=O)N[C@H]1CCCCC/C=C\C2C[C@@]2(C(=O)O)NC(=O)[C@@H]2C[C@@H](ON=C(c3ccccc3)c3ccccc3)CN2C1=O. The molecule has 11 nitrogen and oxygen atoms in total. The molecule has 0 bridgehead atoms. The third-order valence-corrected chi connectivity index (χ3v) is 8.70. The molecule has 1 aliphatic carbocycles. The molecule has 0 spiro atoms. The molecule has 3 amide bonds. The van der Waals surface area contributed by atoms with Crippen LogP contribution in [-0.2, 0) is 24.0 Å². The first-order valence-corrected chi connectivity index (χ1v) is 16.3. The summed E-state index contributed by atoms with van der Waals surface area (Å²) in [6.07, 6.45) is 6.21. The molecule has 11 heteroatoms. The number of nitrogens with zero attached hydrogens (tertiary/aromatic N) is 2. The van der Waals surface area contributed by atoms with Crippen molar-refractivity contribution in [2.45, 2.75) is 95.0 Å². The number of rotatable bonds is 6. The van der Waals surface area contributed by atoms with Crippen LogP contribution >= 0.6 is 0 Å². The Kier molecular flexibility index (Phi) is 10.3. The van der Waals surface area contributed by atoms with Crippen molar-refractivity contribution in [2.75, 3.05) is 6.54 Å². The molecule has 5 rings (SSSR count). The molecular formula is C36H44N4O7. The Balaban J connectivity index is 1.44. The lowest BCUT2D eigenvalue weighted by molar-refractivity contribution is -0.145. The molecule has 2 heterocycles. The second kappa shape index (κ2) is 14.4. The average Bonchev–Trinajstić information content (AvgIpc) is 3.56. The van der Waals surface area contributed by atoms with Crippen LogP contribution in [0.15, 0.2) is 78.0 Å². The molecule has 0 aromatic heterocycles. The van der Waals surface area contributed by atoms with Gasteiger partial charge in [-0.15, -0.1) is 0 Å². The van der Waals surface area contributed by atoms with E-state index in [9.17, 15) is 24.3 Å². The third-order valence-electron chi connectivity index (χ3n) is 8.70. The van der Waals surface area contributed by atoms with E-state index in [1.165, 1.54) is 4.90 Å². The van der Waals surface area contributed by atoms with E-state index in [4.69, 9.17) is 9.57 Å².